The van der Waals surface area contributed by atoms with Crippen molar-refractivity contribution in [3.05, 3.63) is 65.1 Å². The van der Waals surface area contributed by atoms with Gasteiger partial charge in [0, 0.05) is 23.8 Å². The topological polar surface area (TPSA) is 75.1 Å². The van der Waals surface area contributed by atoms with Crippen molar-refractivity contribution in [2.24, 2.45) is 0 Å². The summed E-state index contributed by atoms with van der Waals surface area (Å²) in [6.07, 6.45) is -1.47. The van der Waals surface area contributed by atoms with E-state index in [0.717, 1.165) is 18.2 Å². The van der Waals surface area contributed by atoms with Gasteiger partial charge in [-0.3, -0.25) is 4.79 Å². The van der Waals surface area contributed by atoms with Crippen molar-refractivity contribution < 1.29 is 18.0 Å². The van der Waals surface area contributed by atoms with Gasteiger partial charge in [-0.15, -0.1) is 0 Å². The fourth-order valence-electron chi connectivity index (χ4n) is 3.07. The van der Waals surface area contributed by atoms with Gasteiger partial charge in [-0.1, -0.05) is 11.6 Å². The quantitative estimate of drug-likeness (QED) is 0.516. The molecule has 4 rings (SSSR count). The molecule has 0 bridgehead atoms. The second kappa shape index (κ2) is 6.93. The maximum Gasteiger partial charge on any atom is 0.416 e. The van der Waals surface area contributed by atoms with Gasteiger partial charge in [0.05, 0.1) is 28.0 Å². The predicted molar refractivity (Wildman–Crippen MR) is 102 cm³/mol. The molecule has 0 aliphatic heterocycles. The summed E-state index contributed by atoms with van der Waals surface area (Å²) in [6.45, 7) is 0. The number of nitrogens with one attached hydrogen (secondary N) is 2. The summed E-state index contributed by atoms with van der Waals surface area (Å²) >= 11 is 6.18. The SMILES string of the molecule is CNC(=O)c1cc(-c2ncnn3cccc23)[nH]c1-c1cc(C(F)(F)F)ccc1Cl. The molecule has 0 aliphatic rings. The van der Waals surface area contributed by atoms with Crippen molar-refractivity contribution in [1.29, 1.82) is 0 Å². The third kappa shape index (κ3) is 3.33. The Morgan fingerprint density at radius 1 is 1.24 bits per heavy atom. The van der Waals surface area contributed by atoms with Gasteiger partial charge >= 0.3 is 6.18 Å². The number of hydrogen-bond acceptors (Lipinski definition) is 3. The summed E-state index contributed by atoms with van der Waals surface area (Å²) < 4.78 is 41.2. The summed E-state index contributed by atoms with van der Waals surface area (Å²) in [5.74, 6) is -0.476. The van der Waals surface area contributed by atoms with E-state index in [2.05, 4.69) is 20.4 Å². The van der Waals surface area contributed by atoms with Crippen molar-refractivity contribution in [3.8, 4) is 22.6 Å². The molecule has 3 heterocycles. The molecule has 0 radical (unpaired) electrons. The van der Waals surface area contributed by atoms with E-state index in [9.17, 15) is 18.0 Å². The predicted octanol–water partition coefficient (Wildman–Crippen LogP) is 4.42. The van der Waals surface area contributed by atoms with E-state index in [1.807, 2.05) is 0 Å². The lowest BCUT2D eigenvalue weighted by molar-refractivity contribution is -0.137. The lowest BCUT2D eigenvalue weighted by atomic mass is 10.0. The molecule has 0 unspecified atom stereocenters. The Kier molecular flexibility index (Phi) is 4.54. The average Bonchev–Trinajstić information content (AvgIpc) is 3.33. The van der Waals surface area contributed by atoms with E-state index in [0.29, 0.717) is 16.9 Å². The van der Waals surface area contributed by atoms with Crippen molar-refractivity contribution in [2.45, 2.75) is 6.18 Å². The number of rotatable bonds is 3. The second-order valence-corrected chi connectivity index (χ2v) is 6.60. The van der Waals surface area contributed by atoms with Crippen LogP contribution in [-0.4, -0.2) is 32.5 Å². The monoisotopic (exact) mass is 419 g/mol. The van der Waals surface area contributed by atoms with E-state index < -0.39 is 17.6 Å². The maximum atomic E-state index is 13.2. The van der Waals surface area contributed by atoms with Crippen LogP contribution in [0.3, 0.4) is 0 Å². The van der Waals surface area contributed by atoms with Crippen LogP contribution in [0.4, 0.5) is 13.2 Å². The standard InChI is InChI=1S/C19H13ClF3N5O/c1-24-18(29)12-8-14(17-15-3-2-6-28(15)26-9-25-17)27-16(12)11-7-10(19(21,22)23)4-5-13(11)20/h2-9,27H,1H3,(H,24,29). The maximum absolute atomic E-state index is 13.2. The van der Waals surface area contributed by atoms with Crippen LogP contribution in [-0.2, 0) is 6.18 Å². The minimum absolute atomic E-state index is 0.0619. The van der Waals surface area contributed by atoms with E-state index in [1.165, 1.54) is 19.4 Å². The zero-order valence-electron chi connectivity index (χ0n) is 14.9. The van der Waals surface area contributed by atoms with Gasteiger partial charge in [-0.05, 0) is 36.4 Å². The number of nitrogens with zero attached hydrogens (tertiary/aromatic N) is 3. The first-order valence-electron chi connectivity index (χ1n) is 8.40. The van der Waals surface area contributed by atoms with E-state index >= 15 is 0 Å². The van der Waals surface area contributed by atoms with E-state index in [-0.39, 0.29) is 21.8 Å². The number of H-pyrrole nitrogens is 1. The zero-order chi connectivity index (χ0) is 20.8. The van der Waals surface area contributed by atoms with Gasteiger partial charge < -0.3 is 10.3 Å². The van der Waals surface area contributed by atoms with Crippen molar-refractivity contribution >= 4 is 23.0 Å². The number of hydrogen-bond donors (Lipinski definition) is 2. The van der Waals surface area contributed by atoms with Crippen LogP contribution >= 0.6 is 11.6 Å². The number of carbonyl (C=O) groups excluding carboxylic acids is 1. The Morgan fingerprint density at radius 3 is 2.76 bits per heavy atom. The Morgan fingerprint density at radius 2 is 2.03 bits per heavy atom. The number of aromatic nitrogens is 4. The second-order valence-electron chi connectivity index (χ2n) is 6.19. The first kappa shape index (κ1) is 19.0. The van der Waals surface area contributed by atoms with Crippen LogP contribution in [0, 0.1) is 0 Å². The molecule has 29 heavy (non-hydrogen) atoms. The Labute approximate surface area is 167 Å². The highest BCUT2D eigenvalue weighted by molar-refractivity contribution is 6.33. The molecule has 0 atom stereocenters. The van der Waals surface area contributed by atoms with Gasteiger partial charge in [-0.2, -0.15) is 18.3 Å². The number of halogens is 4. The highest BCUT2D eigenvalue weighted by Gasteiger charge is 2.32. The van der Waals surface area contributed by atoms with Crippen LogP contribution in [0.25, 0.3) is 28.2 Å². The number of benzene rings is 1. The number of aromatic amines is 1. The van der Waals surface area contributed by atoms with Gasteiger partial charge in [0.15, 0.2) is 0 Å². The molecule has 4 aromatic rings. The molecule has 1 amide bonds. The number of alkyl halides is 3. The van der Waals surface area contributed by atoms with Crippen molar-refractivity contribution in [3.63, 3.8) is 0 Å². The van der Waals surface area contributed by atoms with Crippen molar-refractivity contribution in [1.82, 2.24) is 24.9 Å². The fourth-order valence-corrected chi connectivity index (χ4v) is 3.29. The average molecular weight is 420 g/mol. The van der Waals surface area contributed by atoms with Gasteiger partial charge in [0.2, 0.25) is 0 Å². The molecule has 2 N–H and O–H groups in total. The highest BCUT2D eigenvalue weighted by Crippen LogP contribution is 2.38. The molecule has 0 spiro atoms. The molecule has 0 saturated carbocycles. The van der Waals surface area contributed by atoms with Crippen molar-refractivity contribution in [2.75, 3.05) is 7.05 Å². The summed E-state index contributed by atoms with van der Waals surface area (Å²) in [4.78, 5) is 19.7. The zero-order valence-corrected chi connectivity index (χ0v) is 15.6. The molecule has 0 fully saturated rings. The smallest absolute Gasteiger partial charge is 0.355 e. The molecular formula is C19H13ClF3N5O. The summed E-state index contributed by atoms with van der Waals surface area (Å²) in [5, 5.41) is 6.65. The third-order valence-electron chi connectivity index (χ3n) is 4.44. The first-order chi connectivity index (χ1) is 13.8. The van der Waals surface area contributed by atoms with Gasteiger partial charge in [0.25, 0.3) is 5.91 Å². The number of carbonyl (C=O) groups is 1. The number of amides is 1. The molecule has 0 aliphatic carbocycles. The third-order valence-corrected chi connectivity index (χ3v) is 4.77. The van der Waals surface area contributed by atoms with Crippen LogP contribution in [0.2, 0.25) is 5.02 Å². The minimum atomic E-state index is -4.55. The summed E-state index contributed by atoms with van der Waals surface area (Å²) in [7, 11) is 1.43. The molecule has 10 heteroatoms. The lowest BCUT2D eigenvalue weighted by Gasteiger charge is -2.11. The summed E-state index contributed by atoms with van der Waals surface area (Å²) in [6, 6.07) is 8.05. The van der Waals surface area contributed by atoms with Crippen LogP contribution in [0.5, 0.6) is 0 Å². The Hall–Kier alpha value is -3.33. The van der Waals surface area contributed by atoms with Crippen LogP contribution in [0.15, 0.2) is 48.9 Å². The van der Waals surface area contributed by atoms with E-state index in [1.54, 1.807) is 22.8 Å². The van der Waals surface area contributed by atoms with Crippen LogP contribution < -0.4 is 5.32 Å². The molecule has 3 aromatic heterocycles. The van der Waals surface area contributed by atoms with E-state index in [4.69, 9.17) is 11.6 Å². The van der Waals surface area contributed by atoms with Crippen LogP contribution in [0.1, 0.15) is 15.9 Å². The van der Waals surface area contributed by atoms with Gasteiger partial charge in [-0.25, -0.2) is 9.50 Å². The lowest BCUT2D eigenvalue weighted by Crippen LogP contribution is -2.18. The normalized spacial score (nSPS) is 11.8. The first-order valence-corrected chi connectivity index (χ1v) is 8.78. The molecule has 1 aromatic carbocycles. The highest BCUT2D eigenvalue weighted by atomic mass is 35.5. The molecular weight excluding hydrogens is 407 g/mol. The summed E-state index contributed by atoms with van der Waals surface area (Å²) in [5.41, 5.74) is 1.10. The minimum Gasteiger partial charge on any atom is -0.355 e. The van der Waals surface area contributed by atoms with Gasteiger partial charge in [0.1, 0.15) is 12.0 Å². The molecule has 6 nitrogen and oxygen atoms in total. The fraction of sp³-hybridized carbons (Fsp3) is 0.105. The Bertz CT molecular complexity index is 1230. The molecule has 148 valence electrons. The largest absolute Gasteiger partial charge is 0.416 e. The Balaban J connectivity index is 1.95. The number of fused-ring (bicyclic) bond motifs is 1. The molecule has 0 saturated heterocycles.